The monoisotopic (exact) mass is 275 g/mol. The molecule has 4 saturated carbocycles. The molecule has 4 aliphatic rings. The van der Waals surface area contributed by atoms with Gasteiger partial charge in [-0.25, -0.2) is 9.48 Å². The second-order valence-corrected chi connectivity index (χ2v) is 7.02. The Morgan fingerprint density at radius 1 is 1.30 bits per heavy atom. The molecular weight excluding hydrogens is 254 g/mol. The Labute approximate surface area is 118 Å². The van der Waals surface area contributed by atoms with Gasteiger partial charge in [-0.2, -0.15) is 5.10 Å². The van der Waals surface area contributed by atoms with Crippen molar-refractivity contribution in [3.63, 3.8) is 0 Å². The molecule has 20 heavy (non-hydrogen) atoms. The standard InChI is InChI=1S/C15H21N3O2/c1-16-13-5-12(14(19)20)17-18(13)15-6-9-2-10(7-15)4-11(3-9)8-15/h5,9-11,16H,2-4,6-8H2,1H3,(H,19,20). The summed E-state index contributed by atoms with van der Waals surface area (Å²) in [5, 5.41) is 16.8. The number of anilines is 1. The number of hydrogen-bond acceptors (Lipinski definition) is 3. The summed E-state index contributed by atoms with van der Waals surface area (Å²) in [6.07, 6.45) is 7.65. The third kappa shape index (κ3) is 1.61. The lowest BCUT2D eigenvalue weighted by Crippen LogP contribution is -2.52. The maximum Gasteiger partial charge on any atom is 0.356 e. The molecule has 5 heteroatoms. The van der Waals surface area contributed by atoms with E-state index in [4.69, 9.17) is 0 Å². The minimum absolute atomic E-state index is 0.0702. The summed E-state index contributed by atoms with van der Waals surface area (Å²) in [4.78, 5) is 11.2. The number of carboxylic acids is 1. The largest absolute Gasteiger partial charge is 0.476 e. The molecule has 1 heterocycles. The second-order valence-electron chi connectivity index (χ2n) is 7.02. The van der Waals surface area contributed by atoms with Gasteiger partial charge in [0.15, 0.2) is 5.69 Å². The van der Waals surface area contributed by atoms with Gasteiger partial charge in [0.25, 0.3) is 0 Å². The first-order valence-electron chi connectivity index (χ1n) is 7.61. The number of aromatic nitrogens is 2. The van der Waals surface area contributed by atoms with E-state index in [-0.39, 0.29) is 11.2 Å². The van der Waals surface area contributed by atoms with Gasteiger partial charge in [-0.05, 0) is 56.3 Å². The van der Waals surface area contributed by atoms with Gasteiger partial charge in [0.1, 0.15) is 5.82 Å². The second kappa shape index (κ2) is 3.99. The molecular formula is C15H21N3O2. The highest BCUT2D eigenvalue weighted by Gasteiger charge is 2.53. The number of carboxylic acid groups (broad SMARTS) is 1. The average Bonchev–Trinajstić information content (AvgIpc) is 2.82. The highest BCUT2D eigenvalue weighted by Crippen LogP contribution is 2.59. The fraction of sp³-hybridized carbons (Fsp3) is 0.733. The Balaban J connectivity index is 1.78. The van der Waals surface area contributed by atoms with E-state index in [1.807, 2.05) is 11.7 Å². The number of aromatic carboxylic acids is 1. The summed E-state index contributed by atoms with van der Waals surface area (Å²) in [6.45, 7) is 0. The predicted molar refractivity (Wildman–Crippen MR) is 74.9 cm³/mol. The smallest absolute Gasteiger partial charge is 0.356 e. The molecule has 5 rings (SSSR count). The first kappa shape index (κ1) is 12.2. The van der Waals surface area contributed by atoms with E-state index < -0.39 is 5.97 Å². The zero-order chi connectivity index (χ0) is 13.9. The van der Waals surface area contributed by atoms with Crippen LogP contribution in [0.2, 0.25) is 0 Å². The summed E-state index contributed by atoms with van der Waals surface area (Å²) in [6, 6.07) is 1.67. The highest BCUT2D eigenvalue weighted by molar-refractivity contribution is 5.86. The summed E-state index contributed by atoms with van der Waals surface area (Å²) in [7, 11) is 1.85. The van der Waals surface area contributed by atoms with Crippen LogP contribution >= 0.6 is 0 Å². The summed E-state index contributed by atoms with van der Waals surface area (Å²) in [5.74, 6) is 2.38. The van der Waals surface area contributed by atoms with Crippen LogP contribution in [0.5, 0.6) is 0 Å². The van der Waals surface area contributed by atoms with Crippen molar-refractivity contribution in [1.29, 1.82) is 0 Å². The van der Waals surface area contributed by atoms with Crippen LogP contribution in [0.4, 0.5) is 5.82 Å². The zero-order valence-corrected chi connectivity index (χ0v) is 11.8. The molecule has 4 bridgehead atoms. The van der Waals surface area contributed by atoms with Crippen LogP contribution in [-0.2, 0) is 5.54 Å². The van der Waals surface area contributed by atoms with Crippen molar-refractivity contribution < 1.29 is 9.90 Å². The molecule has 108 valence electrons. The number of carbonyl (C=O) groups is 1. The fourth-order valence-electron chi connectivity index (χ4n) is 5.35. The Morgan fingerprint density at radius 2 is 1.85 bits per heavy atom. The van der Waals surface area contributed by atoms with Crippen LogP contribution in [0, 0.1) is 17.8 Å². The molecule has 1 aromatic rings. The minimum Gasteiger partial charge on any atom is -0.476 e. The van der Waals surface area contributed by atoms with E-state index in [1.165, 1.54) is 38.5 Å². The van der Waals surface area contributed by atoms with Gasteiger partial charge in [-0.15, -0.1) is 0 Å². The van der Waals surface area contributed by atoms with Crippen molar-refractivity contribution in [1.82, 2.24) is 9.78 Å². The van der Waals surface area contributed by atoms with E-state index >= 15 is 0 Å². The van der Waals surface area contributed by atoms with Crippen LogP contribution in [0.3, 0.4) is 0 Å². The van der Waals surface area contributed by atoms with Gasteiger partial charge < -0.3 is 10.4 Å². The lowest BCUT2D eigenvalue weighted by molar-refractivity contribution is -0.0483. The first-order valence-corrected chi connectivity index (χ1v) is 7.61. The van der Waals surface area contributed by atoms with Crippen molar-refractivity contribution in [2.75, 3.05) is 12.4 Å². The molecule has 5 nitrogen and oxygen atoms in total. The molecule has 0 aromatic carbocycles. The zero-order valence-electron chi connectivity index (χ0n) is 11.8. The van der Waals surface area contributed by atoms with E-state index in [1.54, 1.807) is 6.07 Å². The third-order valence-corrected chi connectivity index (χ3v) is 5.64. The molecule has 0 saturated heterocycles. The summed E-state index contributed by atoms with van der Waals surface area (Å²) >= 11 is 0. The number of rotatable bonds is 3. The van der Waals surface area contributed by atoms with Crippen molar-refractivity contribution in [3.05, 3.63) is 11.8 Å². The third-order valence-electron chi connectivity index (χ3n) is 5.64. The molecule has 0 atom stereocenters. The summed E-state index contributed by atoms with van der Waals surface area (Å²) < 4.78 is 2.01. The van der Waals surface area contributed by atoms with Crippen molar-refractivity contribution >= 4 is 11.8 Å². The van der Waals surface area contributed by atoms with Gasteiger partial charge in [0.05, 0.1) is 5.54 Å². The van der Waals surface area contributed by atoms with E-state index in [0.717, 1.165) is 23.6 Å². The van der Waals surface area contributed by atoms with Crippen molar-refractivity contribution in [2.24, 2.45) is 17.8 Å². The molecule has 0 amide bonds. The molecule has 1 aromatic heterocycles. The number of nitrogens with zero attached hydrogens (tertiary/aromatic N) is 2. The lowest BCUT2D eigenvalue weighted by atomic mass is 9.53. The van der Waals surface area contributed by atoms with Gasteiger partial charge in [0.2, 0.25) is 0 Å². The Bertz CT molecular complexity index is 528. The van der Waals surface area contributed by atoms with Gasteiger partial charge in [-0.3, -0.25) is 0 Å². The minimum atomic E-state index is -0.940. The van der Waals surface area contributed by atoms with Crippen LogP contribution in [0.25, 0.3) is 0 Å². The fourth-order valence-corrected chi connectivity index (χ4v) is 5.35. The molecule has 4 aliphatic carbocycles. The Morgan fingerprint density at radius 3 is 2.30 bits per heavy atom. The normalized spacial score (nSPS) is 38.1. The van der Waals surface area contributed by atoms with Crippen LogP contribution < -0.4 is 5.32 Å². The van der Waals surface area contributed by atoms with Crippen LogP contribution in [0.1, 0.15) is 49.0 Å². The maximum atomic E-state index is 11.2. The molecule has 0 spiro atoms. The Hall–Kier alpha value is -1.52. The van der Waals surface area contributed by atoms with Crippen LogP contribution in [0.15, 0.2) is 6.07 Å². The van der Waals surface area contributed by atoms with Crippen LogP contribution in [-0.4, -0.2) is 27.9 Å². The maximum absolute atomic E-state index is 11.2. The lowest BCUT2D eigenvalue weighted by Gasteiger charge is -2.56. The van der Waals surface area contributed by atoms with Gasteiger partial charge in [0, 0.05) is 13.1 Å². The Kier molecular flexibility index (Phi) is 2.44. The molecule has 0 aliphatic heterocycles. The SMILES string of the molecule is CNc1cc(C(=O)O)nn1C12CC3CC(CC(C3)C1)C2. The molecule has 0 radical (unpaired) electrons. The van der Waals surface area contributed by atoms with E-state index in [9.17, 15) is 9.90 Å². The quantitative estimate of drug-likeness (QED) is 0.889. The van der Waals surface area contributed by atoms with Crippen molar-refractivity contribution in [2.45, 2.75) is 44.1 Å². The number of nitrogens with one attached hydrogen (secondary N) is 1. The average molecular weight is 275 g/mol. The topological polar surface area (TPSA) is 67.2 Å². The van der Waals surface area contributed by atoms with E-state index in [2.05, 4.69) is 10.4 Å². The first-order chi connectivity index (χ1) is 9.59. The van der Waals surface area contributed by atoms with E-state index in [0.29, 0.717) is 0 Å². The molecule has 0 unspecified atom stereocenters. The van der Waals surface area contributed by atoms with Gasteiger partial charge >= 0.3 is 5.97 Å². The summed E-state index contributed by atoms with van der Waals surface area (Å²) in [5.41, 5.74) is 0.228. The highest BCUT2D eigenvalue weighted by atomic mass is 16.4. The molecule has 4 fully saturated rings. The predicted octanol–water partition coefficient (Wildman–Crippen LogP) is 2.55. The molecule has 2 N–H and O–H groups in total. The van der Waals surface area contributed by atoms with Gasteiger partial charge in [-0.1, -0.05) is 0 Å². The number of hydrogen-bond donors (Lipinski definition) is 2. The van der Waals surface area contributed by atoms with Crippen molar-refractivity contribution in [3.8, 4) is 0 Å².